The minimum absolute atomic E-state index is 0.00133. The van der Waals surface area contributed by atoms with Gasteiger partial charge in [0.05, 0.1) is 6.04 Å². The largest absolute Gasteiger partial charge is 0.488 e. The maximum Gasteiger partial charge on any atom is 0.246 e. The zero-order valence-electron chi connectivity index (χ0n) is 24.0. The van der Waals surface area contributed by atoms with Gasteiger partial charge in [-0.05, 0) is 83.1 Å². The van der Waals surface area contributed by atoms with Crippen LogP contribution in [0, 0.1) is 11.8 Å². The van der Waals surface area contributed by atoms with Crippen molar-refractivity contribution in [2.75, 3.05) is 6.54 Å². The van der Waals surface area contributed by atoms with Crippen molar-refractivity contribution in [3.8, 4) is 5.75 Å². The van der Waals surface area contributed by atoms with Gasteiger partial charge in [0.15, 0.2) is 0 Å². The molecule has 1 aromatic carbocycles. The molecule has 1 saturated heterocycles. The normalized spacial score (nSPS) is 19.9. The number of nitrogens with one attached hydrogen (secondary N) is 1. The molecule has 1 saturated carbocycles. The lowest BCUT2D eigenvalue weighted by atomic mass is 9.83. The van der Waals surface area contributed by atoms with Crippen LogP contribution in [0.5, 0.6) is 5.75 Å². The SMILES string of the molecule is CC[C@@H](C)C(=O)N[C@H](C(=O)N1CCC[C@H]1c1nc(C(=O)c2ccc(OC(C)(C)C)cc2)cs1)C1CCCCC1. The summed E-state index contributed by atoms with van der Waals surface area (Å²) < 4.78 is 5.87. The Labute approximate surface area is 236 Å². The molecular formula is C31H43N3O4S. The van der Waals surface area contributed by atoms with E-state index >= 15 is 0 Å². The third kappa shape index (κ3) is 7.27. The predicted octanol–water partition coefficient (Wildman–Crippen LogP) is 6.33. The van der Waals surface area contributed by atoms with Gasteiger partial charge >= 0.3 is 0 Å². The molecule has 0 radical (unpaired) electrons. The average molecular weight is 554 g/mol. The molecule has 1 aliphatic heterocycles. The number of benzene rings is 1. The van der Waals surface area contributed by atoms with Crippen LogP contribution in [0.1, 0.15) is 113 Å². The number of ketones is 1. The van der Waals surface area contributed by atoms with E-state index in [1.54, 1.807) is 17.5 Å². The summed E-state index contributed by atoms with van der Waals surface area (Å²) in [6, 6.07) is 6.48. The highest BCUT2D eigenvalue weighted by Gasteiger charge is 2.40. The average Bonchev–Trinajstić information content (AvgIpc) is 3.60. The molecule has 1 aliphatic carbocycles. The Morgan fingerprint density at radius 2 is 1.77 bits per heavy atom. The molecule has 3 atom stereocenters. The monoisotopic (exact) mass is 553 g/mol. The lowest BCUT2D eigenvalue weighted by molar-refractivity contribution is -0.140. The molecule has 1 N–H and O–H groups in total. The molecule has 0 bridgehead atoms. The van der Waals surface area contributed by atoms with Gasteiger partial charge in [0.1, 0.15) is 28.1 Å². The van der Waals surface area contributed by atoms with Crippen LogP contribution in [0.2, 0.25) is 0 Å². The van der Waals surface area contributed by atoms with E-state index < -0.39 is 6.04 Å². The lowest BCUT2D eigenvalue weighted by Crippen LogP contribution is -2.53. The Balaban J connectivity index is 1.49. The molecule has 2 aromatic rings. The van der Waals surface area contributed by atoms with E-state index in [0.29, 0.717) is 23.6 Å². The highest BCUT2D eigenvalue weighted by atomic mass is 32.1. The van der Waals surface area contributed by atoms with Gasteiger partial charge in [-0.1, -0.05) is 33.1 Å². The van der Waals surface area contributed by atoms with Crippen molar-refractivity contribution < 1.29 is 19.1 Å². The van der Waals surface area contributed by atoms with E-state index in [2.05, 4.69) is 5.32 Å². The Morgan fingerprint density at radius 1 is 1.08 bits per heavy atom. The molecule has 2 fully saturated rings. The van der Waals surface area contributed by atoms with Crippen molar-refractivity contribution in [2.24, 2.45) is 11.8 Å². The van der Waals surface area contributed by atoms with Crippen LogP contribution in [0.15, 0.2) is 29.6 Å². The quantitative estimate of drug-likeness (QED) is 0.367. The zero-order valence-corrected chi connectivity index (χ0v) is 24.8. The van der Waals surface area contributed by atoms with Crippen molar-refractivity contribution in [3.05, 3.63) is 45.9 Å². The molecule has 2 amide bonds. The highest BCUT2D eigenvalue weighted by molar-refractivity contribution is 7.10. The number of nitrogens with zero attached hydrogens (tertiary/aromatic N) is 2. The summed E-state index contributed by atoms with van der Waals surface area (Å²) >= 11 is 1.43. The molecule has 4 rings (SSSR count). The van der Waals surface area contributed by atoms with Crippen molar-refractivity contribution in [1.29, 1.82) is 0 Å². The van der Waals surface area contributed by atoms with Gasteiger partial charge in [0, 0.05) is 23.4 Å². The number of thiazole rings is 1. The fraction of sp³-hybridized carbons (Fsp3) is 0.613. The smallest absolute Gasteiger partial charge is 0.246 e. The number of likely N-dealkylation sites (tertiary alicyclic amines) is 1. The number of aromatic nitrogens is 1. The molecule has 8 heteroatoms. The maximum atomic E-state index is 14.0. The minimum Gasteiger partial charge on any atom is -0.488 e. The molecule has 0 unspecified atom stereocenters. The minimum atomic E-state index is -0.498. The first-order valence-corrected chi connectivity index (χ1v) is 15.4. The first-order valence-electron chi connectivity index (χ1n) is 14.5. The molecule has 7 nitrogen and oxygen atoms in total. The van der Waals surface area contributed by atoms with E-state index in [0.717, 1.165) is 50.0 Å². The number of rotatable bonds is 9. The van der Waals surface area contributed by atoms with Crippen molar-refractivity contribution in [3.63, 3.8) is 0 Å². The van der Waals surface area contributed by atoms with E-state index in [9.17, 15) is 14.4 Å². The first kappa shape index (κ1) is 29.2. The Morgan fingerprint density at radius 3 is 2.41 bits per heavy atom. The third-order valence-electron chi connectivity index (χ3n) is 7.86. The molecule has 2 aliphatic rings. The summed E-state index contributed by atoms with van der Waals surface area (Å²) in [5, 5.41) is 5.72. The molecule has 2 heterocycles. The van der Waals surface area contributed by atoms with Crippen LogP contribution < -0.4 is 10.1 Å². The Hall–Kier alpha value is -2.74. The van der Waals surface area contributed by atoms with E-state index in [1.165, 1.54) is 17.8 Å². The van der Waals surface area contributed by atoms with Crippen molar-refractivity contribution in [2.45, 2.75) is 104 Å². The van der Waals surface area contributed by atoms with Gasteiger partial charge in [-0.3, -0.25) is 14.4 Å². The van der Waals surface area contributed by atoms with Gasteiger partial charge in [-0.15, -0.1) is 11.3 Å². The number of hydrogen-bond acceptors (Lipinski definition) is 6. The van der Waals surface area contributed by atoms with E-state index in [-0.39, 0.29) is 41.1 Å². The molecule has 0 spiro atoms. The maximum absolute atomic E-state index is 14.0. The highest BCUT2D eigenvalue weighted by Crippen LogP contribution is 2.36. The number of carbonyl (C=O) groups is 3. The molecule has 1 aromatic heterocycles. The van der Waals surface area contributed by atoms with Crippen LogP contribution in [0.4, 0.5) is 0 Å². The first-order chi connectivity index (χ1) is 18.6. The number of ether oxygens (including phenoxy) is 1. The van der Waals surface area contributed by atoms with Crippen LogP contribution in [-0.2, 0) is 9.59 Å². The standard InChI is InChI=1S/C31H43N3O4S/c1-6-20(2)28(36)33-26(21-11-8-7-9-12-21)30(37)34-18-10-13-25(34)29-32-24(19-39-29)27(35)22-14-16-23(17-15-22)38-31(3,4)5/h14-17,19-21,25-26H,6-13,18H2,1-5H3,(H,33,36)/t20-,25+,26+/m1/s1. The van der Waals surface area contributed by atoms with Gasteiger partial charge < -0.3 is 15.0 Å². The molecule has 39 heavy (non-hydrogen) atoms. The summed E-state index contributed by atoms with van der Waals surface area (Å²) in [6.45, 7) is 10.5. The van der Waals surface area contributed by atoms with Crippen LogP contribution in [-0.4, -0.2) is 45.7 Å². The van der Waals surface area contributed by atoms with Crippen LogP contribution in [0.25, 0.3) is 0 Å². The van der Waals surface area contributed by atoms with E-state index in [1.807, 2.05) is 51.7 Å². The summed E-state index contributed by atoms with van der Waals surface area (Å²) in [5.74, 6) is 0.568. The topological polar surface area (TPSA) is 88.6 Å². The Kier molecular flexibility index (Phi) is 9.47. The lowest BCUT2D eigenvalue weighted by Gasteiger charge is -2.35. The second-order valence-electron chi connectivity index (χ2n) is 12.0. The predicted molar refractivity (Wildman–Crippen MR) is 154 cm³/mol. The number of carbonyl (C=O) groups excluding carboxylic acids is 3. The Bertz CT molecular complexity index is 1150. The van der Waals surface area contributed by atoms with Crippen LogP contribution >= 0.6 is 11.3 Å². The molecule has 212 valence electrons. The number of hydrogen-bond donors (Lipinski definition) is 1. The van der Waals surface area contributed by atoms with Gasteiger partial charge in [0.2, 0.25) is 17.6 Å². The van der Waals surface area contributed by atoms with Gasteiger partial charge in [-0.25, -0.2) is 4.98 Å². The van der Waals surface area contributed by atoms with Gasteiger partial charge in [0.25, 0.3) is 0 Å². The van der Waals surface area contributed by atoms with E-state index in [4.69, 9.17) is 9.72 Å². The zero-order chi connectivity index (χ0) is 28.2. The van der Waals surface area contributed by atoms with Crippen molar-refractivity contribution >= 4 is 28.9 Å². The summed E-state index contributed by atoms with van der Waals surface area (Å²) in [4.78, 5) is 46.6. The molecular weight excluding hydrogens is 510 g/mol. The summed E-state index contributed by atoms with van der Waals surface area (Å²) in [7, 11) is 0. The van der Waals surface area contributed by atoms with Crippen LogP contribution in [0.3, 0.4) is 0 Å². The fourth-order valence-corrected chi connectivity index (χ4v) is 6.46. The second kappa shape index (κ2) is 12.6. The number of amides is 2. The summed E-state index contributed by atoms with van der Waals surface area (Å²) in [6.07, 6.45) is 7.73. The van der Waals surface area contributed by atoms with Crippen molar-refractivity contribution in [1.82, 2.24) is 15.2 Å². The third-order valence-corrected chi connectivity index (χ3v) is 8.81. The summed E-state index contributed by atoms with van der Waals surface area (Å²) in [5.41, 5.74) is 0.637. The fourth-order valence-electron chi connectivity index (χ4n) is 5.52. The second-order valence-corrected chi connectivity index (χ2v) is 12.9. The van der Waals surface area contributed by atoms with Gasteiger partial charge in [-0.2, -0.15) is 0 Å².